The zero-order valence-corrected chi connectivity index (χ0v) is 11.0. The van der Waals surface area contributed by atoms with Crippen LogP contribution in [0.2, 0.25) is 5.02 Å². The average molecular weight is 251 g/mol. The maximum atomic E-state index is 12.0. The summed E-state index contributed by atoms with van der Waals surface area (Å²) in [6.07, 6.45) is 0.463. The summed E-state index contributed by atoms with van der Waals surface area (Å²) in [4.78, 5) is 12.0. The number of hydrogen-bond donors (Lipinski definition) is 0. The molecule has 2 nitrogen and oxygen atoms in total. The van der Waals surface area contributed by atoms with Gasteiger partial charge in [-0.25, -0.2) is 0 Å². The van der Waals surface area contributed by atoms with Crippen molar-refractivity contribution < 1.29 is 9.21 Å². The summed E-state index contributed by atoms with van der Waals surface area (Å²) >= 11 is 6.00. The first-order chi connectivity index (χ1) is 7.87. The lowest BCUT2D eigenvalue weighted by Gasteiger charge is -2.15. The number of furan rings is 1. The van der Waals surface area contributed by atoms with Gasteiger partial charge in [-0.15, -0.1) is 0 Å². The van der Waals surface area contributed by atoms with Crippen LogP contribution in [0.3, 0.4) is 0 Å². The van der Waals surface area contributed by atoms with Crippen molar-refractivity contribution in [2.45, 2.75) is 27.2 Å². The minimum absolute atomic E-state index is 0.0183. The van der Waals surface area contributed by atoms with Gasteiger partial charge in [-0.2, -0.15) is 0 Å². The summed E-state index contributed by atoms with van der Waals surface area (Å²) in [5.41, 5.74) is 0.547. The molecule has 3 heteroatoms. The summed E-state index contributed by atoms with van der Waals surface area (Å²) in [5, 5.41) is 1.41. The molecular formula is C14H15ClO2. The molecule has 2 aromatic rings. The van der Waals surface area contributed by atoms with Crippen LogP contribution >= 0.6 is 11.6 Å². The molecule has 0 aliphatic heterocycles. The van der Waals surface area contributed by atoms with Crippen LogP contribution in [0.25, 0.3) is 11.0 Å². The highest BCUT2D eigenvalue weighted by Crippen LogP contribution is 2.29. The van der Waals surface area contributed by atoms with Gasteiger partial charge in [-0.1, -0.05) is 44.5 Å². The van der Waals surface area contributed by atoms with E-state index in [4.69, 9.17) is 16.0 Å². The predicted molar refractivity (Wildman–Crippen MR) is 69.6 cm³/mol. The van der Waals surface area contributed by atoms with Crippen LogP contribution in [0, 0.1) is 5.41 Å². The summed E-state index contributed by atoms with van der Waals surface area (Å²) in [6, 6.07) is 7.25. The Morgan fingerprint density at radius 3 is 2.65 bits per heavy atom. The summed E-state index contributed by atoms with van der Waals surface area (Å²) < 4.78 is 5.52. The van der Waals surface area contributed by atoms with E-state index in [0.717, 1.165) is 5.39 Å². The molecule has 17 heavy (non-hydrogen) atoms. The maximum Gasteiger partial charge on any atom is 0.198 e. The van der Waals surface area contributed by atoms with Crippen LogP contribution in [0.1, 0.15) is 37.7 Å². The second kappa shape index (κ2) is 4.19. The van der Waals surface area contributed by atoms with E-state index in [0.29, 0.717) is 22.8 Å². The Morgan fingerprint density at radius 1 is 1.35 bits per heavy atom. The van der Waals surface area contributed by atoms with E-state index < -0.39 is 0 Å². The number of fused-ring (bicyclic) bond motifs is 1. The third-order valence-corrected chi connectivity index (χ3v) is 2.76. The minimum atomic E-state index is -0.0418. The number of halogens is 1. The third-order valence-electron chi connectivity index (χ3n) is 2.46. The quantitative estimate of drug-likeness (QED) is 0.723. The van der Waals surface area contributed by atoms with E-state index in [-0.39, 0.29) is 11.2 Å². The van der Waals surface area contributed by atoms with Crippen molar-refractivity contribution in [1.29, 1.82) is 0 Å². The minimum Gasteiger partial charge on any atom is -0.451 e. The van der Waals surface area contributed by atoms with Crippen LogP contribution < -0.4 is 0 Å². The van der Waals surface area contributed by atoms with Crippen molar-refractivity contribution in [3.8, 4) is 0 Å². The lowest BCUT2D eigenvalue weighted by Crippen LogP contribution is -2.12. The largest absolute Gasteiger partial charge is 0.451 e. The highest BCUT2D eigenvalue weighted by Gasteiger charge is 2.20. The Morgan fingerprint density at radius 2 is 2.06 bits per heavy atom. The van der Waals surface area contributed by atoms with E-state index in [1.54, 1.807) is 12.1 Å². The molecule has 0 aliphatic rings. The fraction of sp³-hybridized carbons (Fsp3) is 0.357. The van der Waals surface area contributed by atoms with Crippen LogP contribution in [0.15, 0.2) is 28.7 Å². The number of carbonyl (C=O) groups is 1. The molecule has 0 N–H and O–H groups in total. The molecule has 0 saturated heterocycles. The molecule has 0 bridgehead atoms. The molecule has 0 radical (unpaired) electrons. The Hall–Kier alpha value is -1.28. The first-order valence-electron chi connectivity index (χ1n) is 5.58. The monoisotopic (exact) mass is 250 g/mol. The van der Waals surface area contributed by atoms with Crippen molar-refractivity contribution in [1.82, 2.24) is 0 Å². The SMILES string of the molecule is CC(C)(C)CC(=O)c1cc2cccc(Cl)c2o1. The van der Waals surface area contributed by atoms with Gasteiger partial charge >= 0.3 is 0 Å². The number of Topliss-reactive ketones (excluding diaryl/α,β-unsaturated/α-hetero) is 1. The summed E-state index contributed by atoms with van der Waals surface area (Å²) in [6.45, 7) is 6.08. The van der Waals surface area contributed by atoms with Crippen LogP contribution in [0.4, 0.5) is 0 Å². The zero-order chi connectivity index (χ0) is 12.6. The van der Waals surface area contributed by atoms with Gasteiger partial charge in [-0.3, -0.25) is 4.79 Å². The van der Waals surface area contributed by atoms with Gasteiger partial charge in [-0.05, 0) is 17.5 Å². The van der Waals surface area contributed by atoms with Crippen molar-refractivity contribution in [3.05, 3.63) is 35.0 Å². The molecule has 1 aromatic carbocycles. The Kier molecular flexibility index (Phi) is 3.00. The molecule has 0 spiro atoms. The molecular weight excluding hydrogens is 236 g/mol. The number of hydrogen-bond acceptors (Lipinski definition) is 2. The van der Waals surface area contributed by atoms with Gasteiger partial charge in [0, 0.05) is 11.8 Å². The molecule has 0 atom stereocenters. The summed E-state index contributed by atoms with van der Waals surface area (Å²) in [5.74, 6) is 0.410. The molecule has 0 unspecified atom stereocenters. The lowest BCUT2D eigenvalue weighted by molar-refractivity contribution is 0.0914. The van der Waals surface area contributed by atoms with Gasteiger partial charge in [0.05, 0.1) is 5.02 Å². The van der Waals surface area contributed by atoms with Crippen molar-refractivity contribution >= 4 is 28.4 Å². The van der Waals surface area contributed by atoms with E-state index in [2.05, 4.69) is 0 Å². The smallest absolute Gasteiger partial charge is 0.198 e. The molecule has 1 aromatic heterocycles. The number of rotatable bonds is 2. The van der Waals surface area contributed by atoms with Crippen LogP contribution in [-0.2, 0) is 0 Å². The van der Waals surface area contributed by atoms with E-state index in [1.807, 2.05) is 32.9 Å². The molecule has 0 fully saturated rings. The van der Waals surface area contributed by atoms with Crippen molar-refractivity contribution in [2.75, 3.05) is 0 Å². The zero-order valence-electron chi connectivity index (χ0n) is 10.2. The van der Waals surface area contributed by atoms with Gasteiger partial charge in [0.2, 0.25) is 0 Å². The Labute approximate surface area is 106 Å². The van der Waals surface area contributed by atoms with Crippen LogP contribution in [-0.4, -0.2) is 5.78 Å². The van der Waals surface area contributed by atoms with Crippen molar-refractivity contribution in [3.63, 3.8) is 0 Å². The van der Waals surface area contributed by atoms with Gasteiger partial charge in [0.1, 0.15) is 0 Å². The van der Waals surface area contributed by atoms with Gasteiger partial charge in [0.15, 0.2) is 17.1 Å². The Balaban J connectivity index is 2.37. The second-order valence-corrected chi connectivity index (χ2v) is 5.84. The maximum absolute atomic E-state index is 12.0. The van der Waals surface area contributed by atoms with Crippen molar-refractivity contribution in [2.24, 2.45) is 5.41 Å². The molecule has 2 rings (SSSR count). The fourth-order valence-electron chi connectivity index (χ4n) is 1.73. The number of carbonyl (C=O) groups excluding carboxylic acids is 1. The number of ketones is 1. The third kappa shape index (κ3) is 2.70. The second-order valence-electron chi connectivity index (χ2n) is 5.43. The predicted octanol–water partition coefficient (Wildman–Crippen LogP) is 4.71. The summed E-state index contributed by atoms with van der Waals surface area (Å²) in [7, 11) is 0. The fourth-order valence-corrected chi connectivity index (χ4v) is 1.95. The highest BCUT2D eigenvalue weighted by atomic mass is 35.5. The number of benzene rings is 1. The van der Waals surface area contributed by atoms with E-state index >= 15 is 0 Å². The topological polar surface area (TPSA) is 30.2 Å². The Bertz CT molecular complexity index is 561. The molecule has 0 saturated carbocycles. The van der Waals surface area contributed by atoms with Crippen LogP contribution in [0.5, 0.6) is 0 Å². The van der Waals surface area contributed by atoms with Gasteiger partial charge in [0.25, 0.3) is 0 Å². The molecule has 0 aliphatic carbocycles. The first-order valence-corrected chi connectivity index (χ1v) is 5.96. The normalized spacial score (nSPS) is 12.0. The molecule has 90 valence electrons. The molecule has 1 heterocycles. The average Bonchev–Trinajstić information content (AvgIpc) is 2.60. The van der Waals surface area contributed by atoms with E-state index in [9.17, 15) is 4.79 Å². The van der Waals surface area contributed by atoms with Gasteiger partial charge < -0.3 is 4.42 Å². The molecule has 0 amide bonds. The van der Waals surface area contributed by atoms with E-state index in [1.165, 1.54) is 0 Å². The lowest BCUT2D eigenvalue weighted by atomic mass is 9.89. The standard InChI is InChI=1S/C14H15ClO2/c1-14(2,3)8-11(16)12-7-9-5-4-6-10(15)13(9)17-12/h4-7H,8H2,1-3H3. The first kappa shape index (κ1) is 12.2. The number of para-hydroxylation sites is 1. The highest BCUT2D eigenvalue weighted by molar-refractivity contribution is 6.34.